The minimum atomic E-state index is -3.60. The summed E-state index contributed by atoms with van der Waals surface area (Å²) in [6.45, 7) is 1.80. The Kier molecular flexibility index (Phi) is 6.68. The number of ketones is 1. The zero-order valence-corrected chi connectivity index (χ0v) is 15.1. The number of nitrogens with one attached hydrogen (secondary N) is 1. The first-order valence-corrected chi connectivity index (χ1v) is 10.1. The Bertz CT molecular complexity index is 752. The number of thiophene rings is 1. The molecule has 1 atom stereocenters. The highest BCUT2D eigenvalue weighted by Crippen LogP contribution is 2.25. The van der Waals surface area contributed by atoms with Crippen molar-refractivity contribution in [2.45, 2.75) is 30.6 Å². The summed E-state index contributed by atoms with van der Waals surface area (Å²) < 4.78 is 27.2. The molecule has 0 fully saturated rings. The summed E-state index contributed by atoms with van der Waals surface area (Å²) in [5, 5.41) is 13.2. The molecule has 0 bridgehead atoms. The van der Waals surface area contributed by atoms with E-state index in [0.29, 0.717) is 18.4 Å². The number of hydrogen-bond donors (Lipinski definition) is 2. The molecule has 7 heteroatoms. The van der Waals surface area contributed by atoms with Crippen LogP contribution in [0.1, 0.15) is 41.6 Å². The van der Waals surface area contributed by atoms with Crippen LogP contribution < -0.4 is 4.72 Å². The Balaban J connectivity index is 1.97. The molecule has 5 nitrogen and oxygen atoms in total. The van der Waals surface area contributed by atoms with Gasteiger partial charge in [-0.1, -0.05) is 12.1 Å². The molecule has 2 aromatic rings. The number of Topliss-reactive ketones (excluding diaryl/α,β-unsaturated/α-hetero) is 1. The van der Waals surface area contributed by atoms with E-state index in [0.717, 1.165) is 5.56 Å². The van der Waals surface area contributed by atoms with Gasteiger partial charge in [-0.3, -0.25) is 4.79 Å². The summed E-state index contributed by atoms with van der Waals surface area (Å²) >= 11 is 1.59. The van der Waals surface area contributed by atoms with Gasteiger partial charge in [0.15, 0.2) is 5.78 Å². The second-order valence-corrected chi connectivity index (χ2v) is 8.08. The van der Waals surface area contributed by atoms with Gasteiger partial charge in [0.25, 0.3) is 0 Å². The molecule has 0 radical (unpaired) electrons. The Morgan fingerprint density at radius 3 is 2.46 bits per heavy atom. The summed E-state index contributed by atoms with van der Waals surface area (Å²) in [6, 6.07) is 7.89. The Morgan fingerprint density at radius 1 is 1.21 bits per heavy atom. The Hall–Kier alpha value is -1.54. The highest BCUT2D eigenvalue weighted by Gasteiger charge is 2.16. The fourth-order valence-electron chi connectivity index (χ4n) is 2.46. The first-order chi connectivity index (χ1) is 11.4. The monoisotopic (exact) mass is 367 g/mol. The van der Waals surface area contributed by atoms with Gasteiger partial charge < -0.3 is 5.11 Å². The summed E-state index contributed by atoms with van der Waals surface area (Å²) in [5.74, 6) is 0.0264. The van der Waals surface area contributed by atoms with E-state index in [1.807, 2.05) is 16.8 Å². The highest BCUT2D eigenvalue weighted by atomic mass is 32.2. The van der Waals surface area contributed by atoms with E-state index >= 15 is 0 Å². The molecule has 0 aliphatic carbocycles. The predicted molar refractivity (Wildman–Crippen MR) is 95.0 cm³/mol. The predicted octanol–water partition coefficient (Wildman–Crippen LogP) is 2.79. The van der Waals surface area contributed by atoms with E-state index in [4.69, 9.17) is 0 Å². The maximum atomic E-state index is 12.3. The maximum absolute atomic E-state index is 12.3. The van der Waals surface area contributed by atoms with Gasteiger partial charge in [-0.15, -0.1) is 0 Å². The molecule has 1 unspecified atom stereocenters. The molecule has 2 rings (SSSR count). The minimum Gasteiger partial charge on any atom is -0.396 e. The van der Waals surface area contributed by atoms with Crippen molar-refractivity contribution in [1.29, 1.82) is 0 Å². The van der Waals surface area contributed by atoms with Crippen LogP contribution in [0.5, 0.6) is 0 Å². The van der Waals surface area contributed by atoms with Crippen LogP contribution in [0.4, 0.5) is 0 Å². The molecule has 1 aromatic carbocycles. The molecular formula is C17H21NO4S2. The summed E-state index contributed by atoms with van der Waals surface area (Å²) in [6.07, 6.45) is 1.22. The number of aliphatic hydroxyl groups is 1. The molecule has 1 aromatic heterocycles. The fourth-order valence-corrected chi connectivity index (χ4v) is 4.25. The van der Waals surface area contributed by atoms with Crippen LogP contribution in [0.15, 0.2) is 46.0 Å². The number of aliphatic hydroxyl groups excluding tert-OH is 1. The van der Waals surface area contributed by atoms with Gasteiger partial charge in [0.05, 0.1) is 4.90 Å². The van der Waals surface area contributed by atoms with Crippen LogP contribution in [-0.4, -0.2) is 32.5 Å². The molecule has 0 amide bonds. The van der Waals surface area contributed by atoms with Gasteiger partial charge >= 0.3 is 0 Å². The summed E-state index contributed by atoms with van der Waals surface area (Å²) in [4.78, 5) is 11.4. The van der Waals surface area contributed by atoms with Crippen LogP contribution >= 0.6 is 11.3 Å². The lowest BCUT2D eigenvalue weighted by atomic mass is 9.95. The number of carbonyl (C=O) groups is 1. The lowest BCUT2D eigenvalue weighted by molar-refractivity contribution is 0.101. The van der Waals surface area contributed by atoms with Crippen LogP contribution in [0.25, 0.3) is 0 Å². The van der Waals surface area contributed by atoms with Crippen molar-refractivity contribution in [3.05, 3.63) is 52.2 Å². The SMILES string of the molecule is CC(=O)c1ccc(S(=O)(=O)NCCC(CCO)c2ccsc2)cc1. The summed E-state index contributed by atoms with van der Waals surface area (Å²) in [5.41, 5.74) is 1.61. The van der Waals surface area contributed by atoms with Crippen molar-refractivity contribution in [2.75, 3.05) is 13.2 Å². The molecule has 24 heavy (non-hydrogen) atoms. The molecule has 0 saturated carbocycles. The largest absolute Gasteiger partial charge is 0.396 e. The molecule has 130 valence electrons. The van der Waals surface area contributed by atoms with Crippen LogP contribution in [0, 0.1) is 0 Å². The van der Waals surface area contributed by atoms with Gasteiger partial charge in [-0.25, -0.2) is 13.1 Å². The second kappa shape index (κ2) is 8.53. The number of rotatable bonds is 9. The van der Waals surface area contributed by atoms with Crippen LogP contribution in [0.3, 0.4) is 0 Å². The van der Waals surface area contributed by atoms with E-state index in [2.05, 4.69) is 4.72 Å². The van der Waals surface area contributed by atoms with Gasteiger partial charge in [0.1, 0.15) is 0 Å². The molecule has 0 spiro atoms. The standard InChI is InChI=1S/C17H21NO4S2/c1-13(20)14-2-4-17(5-3-14)24(21,22)18-9-6-15(7-10-19)16-8-11-23-12-16/h2-5,8,11-12,15,18-19H,6-7,9-10H2,1H3. The number of carbonyl (C=O) groups excluding carboxylic acids is 1. The van der Waals surface area contributed by atoms with Crippen molar-refractivity contribution in [1.82, 2.24) is 4.72 Å². The smallest absolute Gasteiger partial charge is 0.240 e. The number of sulfonamides is 1. The zero-order valence-electron chi connectivity index (χ0n) is 13.4. The van der Waals surface area contributed by atoms with Crippen LogP contribution in [-0.2, 0) is 10.0 Å². The molecule has 2 N–H and O–H groups in total. The van der Waals surface area contributed by atoms with Crippen molar-refractivity contribution in [3.63, 3.8) is 0 Å². The zero-order chi connectivity index (χ0) is 17.6. The first kappa shape index (κ1) is 18.8. The Morgan fingerprint density at radius 2 is 1.92 bits per heavy atom. The van der Waals surface area contributed by atoms with E-state index < -0.39 is 10.0 Å². The molecule has 0 saturated heterocycles. The van der Waals surface area contributed by atoms with E-state index in [1.165, 1.54) is 31.2 Å². The third-order valence-corrected chi connectivity index (χ3v) is 6.03. The lowest BCUT2D eigenvalue weighted by Crippen LogP contribution is -2.26. The van der Waals surface area contributed by atoms with Crippen molar-refractivity contribution < 1.29 is 18.3 Å². The van der Waals surface area contributed by atoms with Gasteiger partial charge in [-0.05, 0) is 60.2 Å². The van der Waals surface area contributed by atoms with Crippen molar-refractivity contribution in [3.8, 4) is 0 Å². The molecule has 0 aliphatic heterocycles. The second-order valence-electron chi connectivity index (χ2n) is 5.53. The molecular weight excluding hydrogens is 346 g/mol. The highest BCUT2D eigenvalue weighted by molar-refractivity contribution is 7.89. The maximum Gasteiger partial charge on any atom is 0.240 e. The van der Waals surface area contributed by atoms with Crippen molar-refractivity contribution in [2.24, 2.45) is 0 Å². The third-order valence-electron chi connectivity index (χ3n) is 3.85. The lowest BCUT2D eigenvalue weighted by Gasteiger charge is -2.15. The topological polar surface area (TPSA) is 83.5 Å². The average Bonchev–Trinajstić information content (AvgIpc) is 3.08. The van der Waals surface area contributed by atoms with E-state index in [-0.39, 0.29) is 29.7 Å². The first-order valence-electron chi connectivity index (χ1n) is 7.67. The fraction of sp³-hybridized carbons (Fsp3) is 0.353. The quantitative estimate of drug-likeness (QED) is 0.668. The Labute approximate surface area is 146 Å². The van der Waals surface area contributed by atoms with Gasteiger partial charge in [-0.2, -0.15) is 11.3 Å². The molecule has 1 heterocycles. The van der Waals surface area contributed by atoms with E-state index in [9.17, 15) is 18.3 Å². The van der Waals surface area contributed by atoms with Crippen LogP contribution in [0.2, 0.25) is 0 Å². The van der Waals surface area contributed by atoms with Gasteiger partial charge in [0.2, 0.25) is 10.0 Å². The van der Waals surface area contributed by atoms with E-state index in [1.54, 1.807) is 11.3 Å². The molecule has 0 aliphatic rings. The number of benzene rings is 1. The van der Waals surface area contributed by atoms with Crippen molar-refractivity contribution >= 4 is 27.1 Å². The van der Waals surface area contributed by atoms with Gasteiger partial charge in [0, 0.05) is 18.7 Å². The normalized spacial score (nSPS) is 12.9. The number of hydrogen-bond acceptors (Lipinski definition) is 5. The summed E-state index contributed by atoms with van der Waals surface area (Å²) in [7, 11) is -3.60. The minimum absolute atomic E-state index is 0.0692. The third kappa shape index (κ3) is 4.98. The average molecular weight is 367 g/mol.